The average molecular weight is 816 g/mol. The number of nitrogens with two attached hydrogens (primary N) is 1. The van der Waals surface area contributed by atoms with Gasteiger partial charge < -0.3 is 77.9 Å². The number of rotatable bonds is 44. The van der Waals surface area contributed by atoms with Gasteiger partial charge in [0.1, 0.15) is 5.60 Å². The third kappa shape index (κ3) is 46.3. The standard InChI is InChI=1S/C37H73N3O16/c1-37(2,3)56-36(43)6-12-46-18-24-52-30-33-55-27-21-49-15-9-40-35(42)5-11-45-17-23-51-29-32-54-26-20-48-14-8-39-34(41)4-10-44-16-22-50-28-31-53-25-19-47-13-7-38/h4-33,38H2,1-3H3,(H,39,41)(H,40,42). The van der Waals surface area contributed by atoms with Crippen LogP contribution in [0.2, 0.25) is 0 Å². The van der Waals surface area contributed by atoms with Gasteiger partial charge in [0, 0.05) is 32.5 Å². The molecule has 0 aliphatic heterocycles. The Morgan fingerprint density at radius 2 is 0.625 bits per heavy atom. The Bertz CT molecular complexity index is 885. The molecular formula is C37H73N3O16. The van der Waals surface area contributed by atoms with E-state index in [0.717, 1.165) is 0 Å². The van der Waals surface area contributed by atoms with Crippen LogP contribution in [0.1, 0.15) is 40.0 Å². The lowest BCUT2D eigenvalue weighted by atomic mass is 10.2. The monoisotopic (exact) mass is 815 g/mol. The Morgan fingerprint density at radius 3 is 0.911 bits per heavy atom. The zero-order valence-corrected chi connectivity index (χ0v) is 34.3. The third-order valence-electron chi connectivity index (χ3n) is 6.56. The predicted octanol–water partition coefficient (Wildman–Crippen LogP) is -0.111. The van der Waals surface area contributed by atoms with Crippen molar-refractivity contribution in [1.29, 1.82) is 0 Å². The summed E-state index contributed by atoms with van der Waals surface area (Å²) < 4.78 is 70.0. The number of carbonyl (C=O) groups is 3. The molecule has 0 rings (SSSR count). The molecule has 19 heteroatoms. The van der Waals surface area contributed by atoms with Crippen LogP contribution in [0.5, 0.6) is 0 Å². The van der Waals surface area contributed by atoms with Crippen LogP contribution in [0.15, 0.2) is 0 Å². The Balaban J connectivity index is 3.25. The summed E-state index contributed by atoms with van der Waals surface area (Å²) in [6, 6.07) is 0. The molecule has 0 spiro atoms. The van der Waals surface area contributed by atoms with Crippen LogP contribution in [-0.4, -0.2) is 202 Å². The zero-order chi connectivity index (χ0) is 41.1. The van der Waals surface area contributed by atoms with E-state index < -0.39 is 5.60 Å². The number of amides is 2. The molecule has 0 aliphatic rings. The van der Waals surface area contributed by atoms with Crippen LogP contribution in [0.3, 0.4) is 0 Å². The third-order valence-corrected chi connectivity index (χ3v) is 6.56. The van der Waals surface area contributed by atoms with Crippen molar-refractivity contribution in [3.8, 4) is 0 Å². The summed E-state index contributed by atoms with van der Waals surface area (Å²) in [6.45, 7) is 16.8. The Kier molecular flexibility index (Phi) is 40.9. The van der Waals surface area contributed by atoms with Gasteiger partial charge in [-0.25, -0.2) is 0 Å². The molecule has 0 atom stereocenters. The highest BCUT2D eigenvalue weighted by molar-refractivity contribution is 5.76. The van der Waals surface area contributed by atoms with Crippen molar-refractivity contribution in [2.45, 2.75) is 45.6 Å². The SMILES string of the molecule is CC(C)(C)OC(=O)CCOCCOCCOCCOCCNC(=O)CCOCCOCCOCCOCCNC(=O)CCOCCOCCOCCOCCN. The molecule has 0 unspecified atom stereocenters. The minimum Gasteiger partial charge on any atom is -0.460 e. The average Bonchev–Trinajstić information content (AvgIpc) is 3.15. The molecule has 0 aliphatic carbocycles. The maximum atomic E-state index is 11.9. The number of nitrogens with one attached hydrogen (secondary N) is 2. The molecule has 0 saturated heterocycles. The lowest BCUT2D eigenvalue weighted by Gasteiger charge is -2.19. The highest BCUT2D eigenvalue weighted by atomic mass is 16.6. The lowest BCUT2D eigenvalue weighted by Crippen LogP contribution is -2.28. The van der Waals surface area contributed by atoms with Gasteiger partial charge in [-0.2, -0.15) is 0 Å². The quantitative estimate of drug-likeness (QED) is 0.0539. The van der Waals surface area contributed by atoms with Crippen LogP contribution in [0.25, 0.3) is 0 Å². The summed E-state index contributed by atoms with van der Waals surface area (Å²) in [5.41, 5.74) is 4.84. The molecule has 0 bridgehead atoms. The van der Waals surface area contributed by atoms with Gasteiger partial charge in [0.2, 0.25) is 11.8 Å². The number of hydrogen-bond acceptors (Lipinski definition) is 17. The number of ether oxygens (including phenoxy) is 13. The van der Waals surface area contributed by atoms with E-state index in [1.807, 2.05) is 20.8 Å². The van der Waals surface area contributed by atoms with Crippen molar-refractivity contribution in [3.05, 3.63) is 0 Å². The van der Waals surface area contributed by atoms with Crippen LogP contribution in [0, 0.1) is 0 Å². The summed E-state index contributed by atoms with van der Waals surface area (Å²) in [5.74, 6) is -0.497. The molecule has 0 aromatic rings. The molecule has 0 heterocycles. The van der Waals surface area contributed by atoms with Crippen molar-refractivity contribution in [2.24, 2.45) is 5.73 Å². The second-order valence-electron chi connectivity index (χ2n) is 12.7. The number of hydrogen-bond donors (Lipinski definition) is 3. The molecular weight excluding hydrogens is 742 g/mol. The van der Waals surface area contributed by atoms with Crippen LogP contribution in [-0.2, 0) is 76.0 Å². The molecule has 4 N–H and O–H groups in total. The van der Waals surface area contributed by atoms with E-state index >= 15 is 0 Å². The fourth-order valence-electron chi connectivity index (χ4n) is 3.95. The highest BCUT2D eigenvalue weighted by Crippen LogP contribution is 2.08. The van der Waals surface area contributed by atoms with Crippen LogP contribution < -0.4 is 16.4 Å². The van der Waals surface area contributed by atoms with Crippen LogP contribution >= 0.6 is 0 Å². The van der Waals surface area contributed by atoms with Crippen molar-refractivity contribution in [2.75, 3.05) is 178 Å². The second-order valence-corrected chi connectivity index (χ2v) is 12.7. The normalized spacial score (nSPS) is 11.6. The van der Waals surface area contributed by atoms with Crippen molar-refractivity contribution in [1.82, 2.24) is 10.6 Å². The first kappa shape index (κ1) is 53.9. The summed E-state index contributed by atoms with van der Waals surface area (Å²) in [7, 11) is 0. The Labute approximate surface area is 333 Å². The minimum absolute atomic E-state index is 0.102. The molecule has 332 valence electrons. The lowest BCUT2D eigenvalue weighted by molar-refractivity contribution is -0.156. The van der Waals surface area contributed by atoms with E-state index in [9.17, 15) is 14.4 Å². The molecule has 0 fully saturated rings. The predicted molar refractivity (Wildman–Crippen MR) is 205 cm³/mol. The Hall–Kier alpha value is -2.11. The van der Waals surface area contributed by atoms with E-state index in [2.05, 4.69) is 10.6 Å². The second kappa shape index (κ2) is 42.5. The van der Waals surface area contributed by atoms with Gasteiger partial charge in [0.15, 0.2) is 0 Å². The van der Waals surface area contributed by atoms with E-state index in [0.29, 0.717) is 178 Å². The molecule has 0 aromatic heterocycles. The summed E-state index contributed by atoms with van der Waals surface area (Å²) in [4.78, 5) is 35.3. The van der Waals surface area contributed by atoms with Gasteiger partial charge in [-0.3, -0.25) is 14.4 Å². The largest absolute Gasteiger partial charge is 0.460 e. The fourth-order valence-corrected chi connectivity index (χ4v) is 3.95. The topological polar surface area (TPSA) is 221 Å². The van der Waals surface area contributed by atoms with Crippen molar-refractivity contribution < 1.29 is 76.0 Å². The number of esters is 1. The van der Waals surface area contributed by atoms with E-state index in [-0.39, 0.29) is 37.0 Å². The molecule has 0 saturated carbocycles. The van der Waals surface area contributed by atoms with Crippen LogP contribution in [0.4, 0.5) is 0 Å². The van der Waals surface area contributed by atoms with E-state index in [1.165, 1.54) is 0 Å². The van der Waals surface area contributed by atoms with Gasteiger partial charge in [0.25, 0.3) is 0 Å². The molecule has 0 radical (unpaired) electrons. The Morgan fingerprint density at radius 1 is 0.375 bits per heavy atom. The highest BCUT2D eigenvalue weighted by Gasteiger charge is 2.15. The van der Waals surface area contributed by atoms with E-state index in [4.69, 9.17) is 67.3 Å². The van der Waals surface area contributed by atoms with Gasteiger partial charge >= 0.3 is 5.97 Å². The first-order chi connectivity index (χ1) is 27.2. The van der Waals surface area contributed by atoms with Gasteiger partial charge in [0.05, 0.1) is 165 Å². The smallest absolute Gasteiger partial charge is 0.308 e. The van der Waals surface area contributed by atoms with Gasteiger partial charge in [-0.15, -0.1) is 0 Å². The van der Waals surface area contributed by atoms with Gasteiger partial charge in [-0.1, -0.05) is 0 Å². The minimum atomic E-state index is -0.491. The molecule has 0 aromatic carbocycles. The number of carbonyl (C=O) groups excluding carboxylic acids is 3. The summed E-state index contributed by atoms with van der Waals surface area (Å²) in [5, 5.41) is 5.56. The summed E-state index contributed by atoms with van der Waals surface area (Å²) in [6.07, 6.45) is 0.731. The maximum Gasteiger partial charge on any atom is 0.308 e. The molecule has 56 heavy (non-hydrogen) atoms. The first-order valence-corrected chi connectivity index (χ1v) is 19.6. The molecule has 19 nitrogen and oxygen atoms in total. The molecule has 2 amide bonds. The van der Waals surface area contributed by atoms with E-state index in [1.54, 1.807) is 0 Å². The zero-order valence-electron chi connectivity index (χ0n) is 34.3. The summed E-state index contributed by atoms with van der Waals surface area (Å²) >= 11 is 0. The van der Waals surface area contributed by atoms with Crippen molar-refractivity contribution in [3.63, 3.8) is 0 Å². The first-order valence-electron chi connectivity index (χ1n) is 19.6. The fraction of sp³-hybridized carbons (Fsp3) is 0.919. The van der Waals surface area contributed by atoms with Gasteiger partial charge in [-0.05, 0) is 20.8 Å². The van der Waals surface area contributed by atoms with Crippen molar-refractivity contribution >= 4 is 17.8 Å². The maximum absolute atomic E-state index is 11.9.